The Bertz CT molecular complexity index is 384. The second-order valence-electron chi connectivity index (χ2n) is 2.98. The zero-order valence-corrected chi connectivity index (χ0v) is 8.01. The lowest BCUT2D eigenvalue weighted by Crippen LogP contribution is -2.01. The van der Waals surface area contributed by atoms with Crippen molar-refractivity contribution >= 4 is 5.70 Å². The number of hydrogen-bond acceptors (Lipinski definition) is 3. The molecule has 1 aromatic heterocycles. The van der Waals surface area contributed by atoms with Crippen LogP contribution in [0.3, 0.4) is 0 Å². The zero-order valence-electron chi connectivity index (χ0n) is 8.01. The molecule has 0 spiro atoms. The van der Waals surface area contributed by atoms with E-state index in [-0.39, 0.29) is 0 Å². The minimum atomic E-state index is 0.866. The maximum absolute atomic E-state index is 4.09. The van der Waals surface area contributed by atoms with Crippen molar-refractivity contribution in [2.24, 2.45) is 0 Å². The van der Waals surface area contributed by atoms with Crippen molar-refractivity contribution in [2.75, 3.05) is 7.05 Å². The van der Waals surface area contributed by atoms with E-state index in [9.17, 15) is 0 Å². The highest BCUT2D eigenvalue weighted by molar-refractivity contribution is 5.51. The first-order valence-electron chi connectivity index (χ1n) is 4.50. The van der Waals surface area contributed by atoms with Crippen LogP contribution in [-0.4, -0.2) is 21.8 Å². The molecular formula is C10H12N4. The summed E-state index contributed by atoms with van der Waals surface area (Å²) in [6, 6.07) is 0. The summed E-state index contributed by atoms with van der Waals surface area (Å²) in [4.78, 5) is 3.92. The quantitative estimate of drug-likeness (QED) is 0.758. The normalized spacial score (nSPS) is 15.8. The van der Waals surface area contributed by atoms with Gasteiger partial charge >= 0.3 is 0 Å². The Morgan fingerprint density at radius 1 is 1.43 bits per heavy atom. The van der Waals surface area contributed by atoms with Crippen LogP contribution in [-0.2, 0) is 0 Å². The van der Waals surface area contributed by atoms with Crippen LogP contribution in [0.5, 0.6) is 0 Å². The van der Waals surface area contributed by atoms with Crippen molar-refractivity contribution in [1.29, 1.82) is 0 Å². The minimum Gasteiger partial charge on any atom is -0.388 e. The number of nitrogens with zero attached hydrogens (tertiary/aromatic N) is 3. The Balaban J connectivity index is 2.27. The second kappa shape index (κ2) is 3.91. The average molecular weight is 188 g/mol. The van der Waals surface area contributed by atoms with Gasteiger partial charge in [0.15, 0.2) is 0 Å². The summed E-state index contributed by atoms with van der Waals surface area (Å²) in [7, 11) is 1.91. The SMILES string of the molecule is CNC1=CC=C(n2cncn2)CC=C1. The molecule has 0 radical (unpaired) electrons. The van der Waals surface area contributed by atoms with Gasteiger partial charge in [-0.1, -0.05) is 6.08 Å². The van der Waals surface area contributed by atoms with Gasteiger partial charge in [0.05, 0.1) is 0 Å². The van der Waals surface area contributed by atoms with Crippen molar-refractivity contribution in [3.8, 4) is 0 Å². The molecule has 0 saturated heterocycles. The fraction of sp³-hybridized carbons (Fsp3) is 0.200. The molecule has 1 heterocycles. The summed E-state index contributed by atoms with van der Waals surface area (Å²) in [6.45, 7) is 0. The standard InChI is InChI=1S/C10H12N4/c1-11-9-3-2-4-10(6-5-9)14-8-12-7-13-14/h2-3,5-8,11H,4H2,1H3. The average Bonchev–Trinajstić information content (AvgIpc) is 2.63. The van der Waals surface area contributed by atoms with Gasteiger partial charge in [0.1, 0.15) is 12.7 Å². The van der Waals surface area contributed by atoms with Crippen molar-refractivity contribution in [3.05, 3.63) is 42.7 Å². The predicted octanol–water partition coefficient (Wildman–Crippen LogP) is 1.18. The third-order valence-electron chi connectivity index (χ3n) is 2.08. The van der Waals surface area contributed by atoms with E-state index in [1.165, 1.54) is 6.33 Å². The van der Waals surface area contributed by atoms with Crippen LogP contribution < -0.4 is 5.32 Å². The summed E-state index contributed by atoms with van der Waals surface area (Å²) in [5.41, 5.74) is 2.21. The fourth-order valence-corrected chi connectivity index (χ4v) is 1.31. The lowest BCUT2D eigenvalue weighted by molar-refractivity contribution is 0.878. The van der Waals surface area contributed by atoms with Gasteiger partial charge in [0.2, 0.25) is 0 Å². The third kappa shape index (κ3) is 1.74. The van der Waals surface area contributed by atoms with Gasteiger partial charge < -0.3 is 5.32 Å². The Morgan fingerprint density at radius 3 is 3.07 bits per heavy atom. The molecule has 4 nitrogen and oxygen atoms in total. The molecule has 2 rings (SSSR count). The molecule has 0 aliphatic heterocycles. The first-order valence-corrected chi connectivity index (χ1v) is 4.50. The topological polar surface area (TPSA) is 42.7 Å². The largest absolute Gasteiger partial charge is 0.388 e. The first-order chi connectivity index (χ1) is 6.90. The van der Waals surface area contributed by atoms with Crippen molar-refractivity contribution in [1.82, 2.24) is 20.1 Å². The number of nitrogens with one attached hydrogen (secondary N) is 1. The van der Waals surface area contributed by atoms with Crippen LogP contribution in [0.4, 0.5) is 0 Å². The van der Waals surface area contributed by atoms with Gasteiger partial charge in [-0.3, -0.25) is 0 Å². The molecule has 0 unspecified atom stereocenters. The summed E-state index contributed by atoms with van der Waals surface area (Å²) in [6.07, 6.45) is 12.3. The maximum Gasteiger partial charge on any atom is 0.138 e. The summed E-state index contributed by atoms with van der Waals surface area (Å²) < 4.78 is 1.78. The lowest BCUT2D eigenvalue weighted by atomic mass is 10.3. The Labute approximate surface area is 82.7 Å². The summed E-state index contributed by atoms with van der Waals surface area (Å²) >= 11 is 0. The van der Waals surface area contributed by atoms with Gasteiger partial charge in [0.25, 0.3) is 0 Å². The molecule has 1 N–H and O–H groups in total. The van der Waals surface area contributed by atoms with Gasteiger partial charge in [-0.15, -0.1) is 0 Å². The molecule has 72 valence electrons. The molecule has 0 saturated carbocycles. The summed E-state index contributed by atoms with van der Waals surface area (Å²) in [5, 5.41) is 7.18. The number of hydrogen-bond donors (Lipinski definition) is 1. The van der Waals surface area contributed by atoms with Gasteiger partial charge in [-0.25, -0.2) is 9.67 Å². The van der Waals surface area contributed by atoms with Gasteiger partial charge in [-0.2, -0.15) is 5.10 Å². The van der Waals surface area contributed by atoms with E-state index >= 15 is 0 Å². The monoisotopic (exact) mass is 188 g/mol. The number of aromatic nitrogens is 3. The van der Waals surface area contributed by atoms with Crippen molar-refractivity contribution < 1.29 is 0 Å². The molecule has 4 heteroatoms. The molecule has 1 aliphatic carbocycles. The highest BCUT2D eigenvalue weighted by atomic mass is 15.3. The molecular weight excluding hydrogens is 176 g/mol. The fourth-order valence-electron chi connectivity index (χ4n) is 1.31. The highest BCUT2D eigenvalue weighted by Crippen LogP contribution is 2.13. The number of likely N-dealkylation sites (N-methyl/N-ethyl adjacent to an activating group) is 1. The number of rotatable bonds is 2. The van der Waals surface area contributed by atoms with E-state index in [1.54, 1.807) is 11.0 Å². The molecule has 0 bridgehead atoms. The number of allylic oxidation sites excluding steroid dienone is 5. The Kier molecular flexibility index (Phi) is 2.44. The van der Waals surface area contributed by atoms with Crippen molar-refractivity contribution in [2.45, 2.75) is 6.42 Å². The predicted molar refractivity (Wildman–Crippen MR) is 55.2 cm³/mol. The molecule has 14 heavy (non-hydrogen) atoms. The summed E-state index contributed by atoms with van der Waals surface area (Å²) in [5.74, 6) is 0. The molecule has 1 aromatic rings. The van der Waals surface area contributed by atoms with Crippen LogP contribution in [0.1, 0.15) is 6.42 Å². The lowest BCUT2D eigenvalue weighted by Gasteiger charge is -2.00. The first kappa shape index (κ1) is 8.74. The minimum absolute atomic E-state index is 0.866. The van der Waals surface area contributed by atoms with E-state index in [1.807, 2.05) is 19.2 Å². The molecule has 1 aliphatic rings. The zero-order chi connectivity index (χ0) is 9.80. The van der Waals surface area contributed by atoms with Gasteiger partial charge in [0, 0.05) is 24.9 Å². The van der Waals surface area contributed by atoms with Crippen molar-refractivity contribution in [3.63, 3.8) is 0 Å². The second-order valence-corrected chi connectivity index (χ2v) is 2.98. The van der Waals surface area contributed by atoms with Gasteiger partial charge in [-0.05, 0) is 18.2 Å². The molecule has 0 atom stereocenters. The van der Waals surface area contributed by atoms with Crippen LogP contribution in [0.2, 0.25) is 0 Å². The van der Waals surface area contributed by atoms with E-state index < -0.39 is 0 Å². The Hall–Kier alpha value is -1.84. The molecule has 0 aromatic carbocycles. The van der Waals surface area contributed by atoms with E-state index in [0.29, 0.717) is 0 Å². The van der Waals surface area contributed by atoms with E-state index in [4.69, 9.17) is 0 Å². The Morgan fingerprint density at radius 2 is 2.36 bits per heavy atom. The van der Waals surface area contributed by atoms with Crippen LogP contribution in [0, 0.1) is 0 Å². The van der Waals surface area contributed by atoms with E-state index in [2.05, 4.69) is 27.6 Å². The maximum atomic E-state index is 4.09. The smallest absolute Gasteiger partial charge is 0.138 e. The van der Waals surface area contributed by atoms with E-state index in [0.717, 1.165) is 17.8 Å². The van der Waals surface area contributed by atoms with Crippen LogP contribution >= 0.6 is 0 Å². The van der Waals surface area contributed by atoms with Crippen LogP contribution in [0.15, 0.2) is 42.7 Å². The molecule has 0 fully saturated rings. The van der Waals surface area contributed by atoms with Crippen LogP contribution in [0.25, 0.3) is 5.70 Å². The molecule has 0 amide bonds. The third-order valence-corrected chi connectivity index (χ3v) is 2.08. The highest BCUT2D eigenvalue weighted by Gasteiger charge is 2.00.